The van der Waals surface area contributed by atoms with Crippen molar-refractivity contribution >= 4 is 45.0 Å². The van der Waals surface area contributed by atoms with Gasteiger partial charge in [0.2, 0.25) is 0 Å². The number of aryl methyl sites for hydroxylation is 2. The summed E-state index contributed by atoms with van der Waals surface area (Å²) < 4.78 is 3.49. The van der Waals surface area contributed by atoms with Crippen molar-refractivity contribution in [1.29, 1.82) is 0 Å². The van der Waals surface area contributed by atoms with Crippen LogP contribution in [-0.4, -0.2) is 11.3 Å². The highest BCUT2D eigenvalue weighted by Gasteiger charge is 2.34. The van der Waals surface area contributed by atoms with E-state index in [9.17, 15) is 0 Å². The second-order valence-corrected chi connectivity index (χ2v) is 12.2. The van der Waals surface area contributed by atoms with Gasteiger partial charge in [-0.3, -0.25) is 4.58 Å². The minimum Gasteiger partial charge on any atom is -0.257 e. The molecule has 0 fully saturated rings. The van der Waals surface area contributed by atoms with E-state index in [0.29, 0.717) is 5.92 Å². The molecular formula is C32H35NS. The number of fused-ring (bicyclic) bond motifs is 4. The summed E-state index contributed by atoms with van der Waals surface area (Å²) in [6, 6.07) is 17.2. The first kappa shape index (κ1) is 22.9. The van der Waals surface area contributed by atoms with E-state index < -0.39 is 0 Å². The quantitative estimate of drug-likeness (QED) is 0.162. The van der Waals surface area contributed by atoms with Crippen LogP contribution in [0, 0.1) is 25.8 Å². The van der Waals surface area contributed by atoms with E-state index >= 15 is 0 Å². The molecule has 0 unspecified atom stereocenters. The Balaban J connectivity index is 1.78. The Morgan fingerprint density at radius 1 is 1.03 bits per heavy atom. The predicted octanol–water partition coefficient (Wildman–Crippen LogP) is 8.79. The Bertz CT molecular complexity index is 1470. The maximum Gasteiger partial charge on any atom is 0.197 e. The topological polar surface area (TPSA) is 3.01 Å². The first-order valence-corrected chi connectivity index (χ1v) is 13.1. The molecule has 34 heavy (non-hydrogen) atoms. The Morgan fingerprint density at radius 2 is 1.74 bits per heavy atom. The summed E-state index contributed by atoms with van der Waals surface area (Å²) in [6.07, 6.45) is 5.50. The van der Waals surface area contributed by atoms with E-state index in [2.05, 4.69) is 114 Å². The molecule has 1 aliphatic rings. The van der Waals surface area contributed by atoms with Crippen LogP contribution in [0.15, 0.2) is 48.7 Å². The molecule has 3 aromatic carbocycles. The fraction of sp³-hybridized carbons (Fsp3) is 0.312. The highest BCUT2D eigenvalue weighted by atomic mass is 32.1. The maximum atomic E-state index is 4.43. The molecule has 4 aromatic rings. The van der Waals surface area contributed by atoms with Crippen LogP contribution in [0.3, 0.4) is 0 Å². The standard InChI is InChI=1S/C32H35NS/c1-19(2)17-22-13-14-25-26-15-16-33(8)29(31(26)34-30(25)20(22)3)27-18-28(32(5,6)7)24-12-10-9-11-23(24)21(27)4/h9-16,18-19H,8,17H2,1-7H3. The molecule has 1 nitrogen and oxygen atoms in total. The molecule has 2 heterocycles. The summed E-state index contributed by atoms with van der Waals surface area (Å²) in [5.41, 5.74) is 8.27. The largest absolute Gasteiger partial charge is 0.257 e. The Labute approximate surface area is 208 Å². The molecule has 0 N–H and O–H groups in total. The lowest BCUT2D eigenvalue weighted by Crippen LogP contribution is -2.20. The van der Waals surface area contributed by atoms with Crippen molar-refractivity contribution in [2.45, 2.75) is 60.3 Å². The number of benzene rings is 3. The van der Waals surface area contributed by atoms with Gasteiger partial charge in [0.15, 0.2) is 15.6 Å². The lowest BCUT2D eigenvalue weighted by molar-refractivity contribution is -0.417. The number of thiophene rings is 1. The second-order valence-electron chi connectivity index (χ2n) is 11.2. The zero-order valence-corrected chi connectivity index (χ0v) is 22.4. The molecule has 2 heteroatoms. The predicted molar refractivity (Wildman–Crippen MR) is 150 cm³/mol. The molecule has 0 bridgehead atoms. The van der Waals surface area contributed by atoms with Crippen molar-refractivity contribution in [3.8, 4) is 0 Å². The molecule has 0 saturated carbocycles. The van der Waals surface area contributed by atoms with E-state index in [1.165, 1.54) is 65.2 Å². The maximum absolute atomic E-state index is 4.43. The second kappa shape index (κ2) is 8.13. The third kappa shape index (κ3) is 3.60. The van der Waals surface area contributed by atoms with Crippen LogP contribution in [0.2, 0.25) is 0 Å². The van der Waals surface area contributed by atoms with Gasteiger partial charge in [0, 0.05) is 0 Å². The van der Waals surface area contributed by atoms with Crippen molar-refractivity contribution < 1.29 is 4.58 Å². The molecule has 0 radical (unpaired) electrons. The van der Waals surface area contributed by atoms with Crippen LogP contribution in [0.4, 0.5) is 0 Å². The minimum atomic E-state index is 0.0461. The normalized spacial score (nSPS) is 14.0. The van der Waals surface area contributed by atoms with Crippen molar-refractivity contribution in [3.63, 3.8) is 0 Å². The van der Waals surface area contributed by atoms with E-state index in [-0.39, 0.29) is 5.41 Å². The van der Waals surface area contributed by atoms with Gasteiger partial charge < -0.3 is 0 Å². The number of hydrogen-bond acceptors (Lipinski definition) is 0. The average Bonchev–Trinajstić information content (AvgIpc) is 3.15. The molecule has 1 aliphatic heterocycles. The van der Waals surface area contributed by atoms with E-state index in [0.717, 1.165) is 6.42 Å². The van der Waals surface area contributed by atoms with Gasteiger partial charge in [-0.2, -0.15) is 0 Å². The molecule has 1 aromatic heterocycles. The zero-order chi connectivity index (χ0) is 24.4. The van der Waals surface area contributed by atoms with Crippen molar-refractivity contribution in [2.75, 3.05) is 0 Å². The van der Waals surface area contributed by atoms with E-state index in [1.807, 2.05) is 11.3 Å². The fourth-order valence-corrected chi connectivity index (χ4v) is 6.78. The smallest absolute Gasteiger partial charge is 0.197 e. The lowest BCUT2D eigenvalue weighted by Gasteiger charge is -2.28. The summed E-state index contributed by atoms with van der Waals surface area (Å²) in [6.45, 7) is 20.5. The lowest BCUT2D eigenvalue weighted by atomic mass is 9.79. The third-order valence-corrected chi connectivity index (χ3v) is 8.53. The van der Waals surface area contributed by atoms with E-state index in [1.54, 1.807) is 0 Å². The van der Waals surface area contributed by atoms with Crippen LogP contribution in [0.1, 0.15) is 72.9 Å². The highest BCUT2D eigenvalue weighted by Crippen LogP contribution is 2.46. The first-order chi connectivity index (χ1) is 16.1. The monoisotopic (exact) mass is 465 g/mol. The van der Waals surface area contributed by atoms with Gasteiger partial charge in [-0.25, -0.2) is 0 Å². The van der Waals surface area contributed by atoms with Gasteiger partial charge in [0.05, 0.1) is 6.72 Å². The van der Waals surface area contributed by atoms with Crippen molar-refractivity contribution in [1.82, 2.24) is 0 Å². The number of hydrogen-bond donors (Lipinski definition) is 0. The molecular weight excluding hydrogens is 430 g/mol. The average molecular weight is 466 g/mol. The highest BCUT2D eigenvalue weighted by molar-refractivity contribution is 7.20. The Hall–Kier alpha value is -2.84. The Kier molecular flexibility index (Phi) is 5.48. The molecule has 174 valence electrons. The summed E-state index contributed by atoms with van der Waals surface area (Å²) in [4.78, 5) is 1.33. The molecule has 0 amide bonds. The van der Waals surface area contributed by atoms with Gasteiger partial charge in [-0.1, -0.05) is 94.8 Å². The van der Waals surface area contributed by atoms with Crippen LogP contribution >= 0.6 is 11.3 Å². The van der Waals surface area contributed by atoms with E-state index in [4.69, 9.17) is 0 Å². The van der Waals surface area contributed by atoms with Crippen LogP contribution in [0.5, 0.6) is 0 Å². The number of rotatable bonds is 3. The molecule has 5 rings (SSSR count). The first-order valence-electron chi connectivity index (χ1n) is 12.3. The molecule has 0 spiro atoms. The zero-order valence-electron chi connectivity index (χ0n) is 21.5. The third-order valence-electron chi connectivity index (χ3n) is 7.19. The summed E-state index contributed by atoms with van der Waals surface area (Å²) in [5.74, 6) is 0.652. The minimum absolute atomic E-state index is 0.0461. The van der Waals surface area contributed by atoms with Crippen molar-refractivity contribution in [2.24, 2.45) is 5.92 Å². The molecule has 0 aliphatic carbocycles. The molecule has 0 atom stereocenters. The summed E-state index contributed by atoms with van der Waals surface area (Å²) in [5, 5.41) is 4.05. The summed E-state index contributed by atoms with van der Waals surface area (Å²) in [7, 11) is 0. The molecule has 0 saturated heterocycles. The Morgan fingerprint density at radius 3 is 2.41 bits per heavy atom. The van der Waals surface area contributed by atoms with Crippen LogP contribution < -0.4 is 0 Å². The van der Waals surface area contributed by atoms with Crippen molar-refractivity contribution in [3.05, 3.63) is 93.0 Å². The van der Waals surface area contributed by atoms with Crippen LogP contribution in [0.25, 0.3) is 26.9 Å². The van der Waals surface area contributed by atoms with Gasteiger partial charge in [0.25, 0.3) is 0 Å². The summed E-state index contributed by atoms with van der Waals surface area (Å²) >= 11 is 1.93. The van der Waals surface area contributed by atoms with Gasteiger partial charge in [-0.05, 0) is 51.8 Å². The fourth-order valence-electron chi connectivity index (χ4n) is 5.39. The van der Waals surface area contributed by atoms with Gasteiger partial charge in [-0.15, -0.1) is 17.7 Å². The SMILES string of the molecule is C=[N+]1C=Cc2c([s+][c-]3c(C)c(CC(C)C)ccc23)[C-]1c1cc(C(C)(C)C)c2ccccc2c1C. The van der Waals surface area contributed by atoms with Gasteiger partial charge in [0.1, 0.15) is 17.5 Å². The number of nitrogens with zero attached hydrogens (tertiary/aromatic N) is 1. The van der Waals surface area contributed by atoms with Gasteiger partial charge >= 0.3 is 0 Å². The van der Waals surface area contributed by atoms with Crippen LogP contribution in [-0.2, 0) is 11.8 Å².